The van der Waals surface area contributed by atoms with Crippen molar-refractivity contribution in [3.05, 3.63) is 27.7 Å². The predicted octanol–water partition coefficient (Wildman–Crippen LogP) is 4.51. The number of nitrogens with zero attached hydrogens (tertiary/aromatic N) is 3. The highest BCUT2D eigenvalue weighted by atomic mass is 32.1. The van der Waals surface area contributed by atoms with Crippen LogP contribution < -0.4 is 10.2 Å². The van der Waals surface area contributed by atoms with Crippen LogP contribution in [0.3, 0.4) is 0 Å². The second-order valence-corrected chi connectivity index (χ2v) is 12.6. The van der Waals surface area contributed by atoms with Crippen LogP contribution in [0.2, 0.25) is 0 Å². The Morgan fingerprint density at radius 2 is 1.82 bits per heavy atom. The Morgan fingerprint density at radius 3 is 2.39 bits per heavy atom. The minimum atomic E-state index is -1.05. The third kappa shape index (κ3) is 6.65. The third-order valence-electron chi connectivity index (χ3n) is 7.34. The van der Waals surface area contributed by atoms with Crippen molar-refractivity contribution < 1.29 is 19.5 Å². The zero-order valence-electron chi connectivity index (χ0n) is 22.7. The number of amides is 2. The molecule has 0 aromatic carbocycles. The van der Waals surface area contributed by atoms with Crippen molar-refractivity contribution in [1.82, 2.24) is 10.2 Å². The Balaban J connectivity index is 1.62. The van der Waals surface area contributed by atoms with Crippen molar-refractivity contribution in [2.24, 2.45) is 22.2 Å². The van der Waals surface area contributed by atoms with Crippen LogP contribution in [0, 0.1) is 29.1 Å². The van der Waals surface area contributed by atoms with E-state index < -0.39 is 5.97 Å². The van der Waals surface area contributed by atoms with E-state index in [-0.39, 0.29) is 34.1 Å². The lowest BCUT2D eigenvalue weighted by atomic mass is 9.82. The Kier molecular flexibility index (Phi) is 8.61. The summed E-state index contributed by atoms with van der Waals surface area (Å²) in [6.07, 6.45) is 8.09. The van der Waals surface area contributed by atoms with Crippen LogP contribution in [0.25, 0.3) is 0 Å². The highest BCUT2D eigenvalue weighted by molar-refractivity contribution is 7.15. The SMILES string of the molecule is CC1CCC(C(=O)N(c2cc(C#CC(C)(C)C)sc2C(=O)O)C2CCN(C(=O)C3=CNCC=N3)CC2)CC1. The van der Waals surface area contributed by atoms with E-state index in [0.717, 1.165) is 37.0 Å². The van der Waals surface area contributed by atoms with Gasteiger partial charge >= 0.3 is 5.97 Å². The number of anilines is 1. The molecule has 9 heteroatoms. The Hall–Kier alpha value is -3.12. The number of hydrogen-bond acceptors (Lipinski definition) is 6. The number of hydrogen-bond donors (Lipinski definition) is 2. The fourth-order valence-corrected chi connectivity index (χ4v) is 6.06. The van der Waals surface area contributed by atoms with Gasteiger partial charge < -0.3 is 20.2 Å². The molecule has 2 N–H and O–H groups in total. The van der Waals surface area contributed by atoms with E-state index >= 15 is 0 Å². The number of likely N-dealkylation sites (tertiary alicyclic amines) is 1. The average molecular weight is 539 g/mol. The van der Waals surface area contributed by atoms with Gasteiger partial charge in [0.2, 0.25) is 5.91 Å². The number of carbonyl (C=O) groups excluding carboxylic acids is 2. The fraction of sp³-hybridized carbons (Fsp3) is 0.586. The van der Waals surface area contributed by atoms with E-state index in [1.807, 2.05) is 20.8 Å². The monoisotopic (exact) mass is 538 g/mol. The van der Waals surface area contributed by atoms with Gasteiger partial charge in [0.15, 0.2) is 0 Å². The number of carboxylic acids is 1. The number of nitrogens with one attached hydrogen (secondary N) is 1. The highest BCUT2D eigenvalue weighted by Gasteiger charge is 2.38. The van der Waals surface area contributed by atoms with Gasteiger partial charge in [0.25, 0.3) is 5.91 Å². The second-order valence-electron chi connectivity index (χ2n) is 11.6. The molecular weight excluding hydrogens is 500 g/mol. The van der Waals surface area contributed by atoms with E-state index in [4.69, 9.17) is 0 Å². The van der Waals surface area contributed by atoms with Crippen LogP contribution in [-0.4, -0.2) is 59.7 Å². The first-order valence-electron chi connectivity index (χ1n) is 13.5. The van der Waals surface area contributed by atoms with Crippen LogP contribution in [0.15, 0.2) is 23.0 Å². The number of rotatable bonds is 5. The van der Waals surface area contributed by atoms with Gasteiger partial charge in [-0.1, -0.05) is 18.8 Å². The maximum absolute atomic E-state index is 14.1. The highest BCUT2D eigenvalue weighted by Crippen LogP contribution is 2.38. The normalized spacial score (nSPS) is 22.1. The number of thiophene rings is 1. The average Bonchev–Trinajstić information content (AvgIpc) is 3.32. The molecule has 1 saturated heterocycles. The van der Waals surface area contributed by atoms with Gasteiger partial charge in [-0.05, 0) is 71.3 Å². The zero-order chi connectivity index (χ0) is 27.4. The molecule has 3 aliphatic rings. The lowest BCUT2D eigenvalue weighted by Gasteiger charge is -2.40. The summed E-state index contributed by atoms with van der Waals surface area (Å²) in [5, 5.41) is 13.1. The van der Waals surface area contributed by atoms with Gasteiger partial charge in [-0.2, -0.15) is 0 Å². The molecule has 8 nitrogen and oxygen atoms in total. The van der Waals surface area contributed by atoms with E-state index in [2.05, 4.69) is 29.1 Å². The molecule has 38 heavy (non-hydrogen) atoms. The largest absolute Gasteiger partial charge is 0.477 e. The molecule has 1 aliphatic carbocycles. The molecule has 2 amide bonds. The summed E-state index contributed by atoms with van der Waals surface area (Å²) >= 11 is 1.13. The molecule has 3 heterocycles. The first-order valence-corrected chi connectivity index (χ1v) is 14.3. The molecule has 0 radical (unpaired) electrons. The van der Waals surface area contributed by atoms with Crippen molar-refractivity contribution in [2.45, 2.75) is 72.3 Å². The molecular formula is C29H38N4O4S. The maximum atomic E-state index is 14.1. The first-order chi connectivity index (χ1) is 18.0. The molecule has 1 saturated carbocycles. The fourth-order valence-electron chi connectivity index (χ4n) is 5.22. The zero-order valence-corrected chi connectivity index (χ0v) is 23.6. The molecule has 0 bridgehead atoms. The third-order valence-corrected chi connectivity index (χ3v) is 8.37. The van der Waals surface area contributed by atoms with Crippen LogP contribution in [0.4, 0.5) is 5.69 Å². The molecule has 2 fully saturated rings. The summed E-state index contributed by atoms with van der Waals surface area (Å²) in [7, 11) is 0. The van der Waals surface area contributed by atoms with Crippen LogP contribution in [0.1, 0.15) is 80.8 Å². The van der Waals surface area contributed by atoms with Crippen LogP contribution >= 0.6 is 11.3 Å². The van der Waals surface area contributed by atoms with Crippen molar-refractivity contribution >= 4 is 41.0 Å². The molecule has 0 spiro atoms. The predicted molar refractivity (Wildman–Crippen MR) is 150 cm³/mol. The standard InChI is InChI=1S/C29H38N4O4S/c1-19-5-7-20(8-6-19)26(34)33(24-17-22(9-12-29(2,3)4)38-25(24)28(36)37)21-10-15-32(16-11-21)27(35)23-18-30-13-14-31-23/h14,17-21,30H,5-8,10-11,13,15-16H2,1-4H3,(H,36,37). The minimum absolute atomic E-state index is 0.00101. The Labute approximate surface area is 229 Å². The van der Waals surface area contributed by atoms with E-state index in [1.54, 1.807) is 28.3 Å². The summed E-state index contributed by atoms with van der Waals surface area (Å²) in [6, 6.07) is 1.59. The summed E-state index contributed by atoms with van der Waals surface area (Å²) < 4.78 is 0. The number of aromatic carboxylic acids is 1. The number of carbonyl (C=O) groups is 3. The van der Waals surface area contributed by atoms with E-state index in [0.29, 0.717) is 54.7 Å². The Morgan fingerprint density at radius 1 is 1.13 bits per heavy atom. The second kappa shape index (κ2) is 11.7. The summed E-state index contributed by atoms with van der Waals surface area (Å²) in [5.41, 5.74) is 0.596. The molecule has 204 valence electrons. The number of piperidine rings is 1. The van der Waals surface area contributed by atoms with Gasteiger partial charge in [0, 0.05) is 49.4 Å². The van der Waals surface area contributed by atoms with Crippen LogP contribution in [0.5, 0.6) is 0 Å². The van der Waals surface area contributed by atoms with Crippen molar-refractivity contribution in [1.29, 1.82) is 0 Å². The van der Waals surface area contributed by atoms with Gasteiger partial charge in [0.05, 0.1) is 10.6 Å². The molecule has 1 aromatic heterocycles. The van der Waals surface area contributed by atoms with Gasteiger partial charge in [0.1, 0.15) is 10.6 Å². The molecule has 2 aliphatic heterocycles. The summed E-state index contributed by atoms with van der Waals surface area (Å²) in [5.74, 6) is 5.61. The van der Waals surface area contributed by atoms with Crippen molar-refractivity contribution in [3.63, 3.8) is 0 Å². The molecule has 0 atom stereocenters. The lowest BCUT2D eigenvalue weighted by Crippen LogP contribution is -2.51. The topological polar surface area (TPSA) is 102 Å². The summed E-state index contributed by atoms with van der Waals surface area (Å²) in [4.78, 5) is 47.8. The number of aliphatic imine (C=N–C) groups is 1. The van der Waals surface area contributed by atoms with E-state index in [9.17, 15) is 19.5 Å². The Bertz CT molecular complexity index is 1180. The first kappa shape index (κ1) is 27.9. The van der Waals surface area contributed by atoms with Crippen LogP contribution in [-0.2, 0) is 9.59 Å². The van der Waals surface area contributed by atoms with Gasteiger partial charge in [-0.25, -0.2) is 4.79 Å². The number of carboxylic acid groups (broad SMARTS) is 1. The maximum Gasteiger partial charge on any atom is 0.348 e. The van der Waals surface area contributed by atoms with Crippen molar-refractivity contribution in [2.75, 3.05) is 24.5 Å². The minimum Gasteiger partial charge on any atom is -0.477 e. The smallest absolute Gasteiger partial charge is 0.348 e. The van der Waals surface area contributed by atoms with Gasteiger partial charge in [-0.3, -0.25) is 14.6 Å². The molecule has 1 aromatic rings. The molecule has 0 unspecified atom stereocenters. The van der Waals surface area contributed by atoms with Gasteiger partial charge in [-0.15, -0.1) is 11.3 Å². The van der Waals surface area contributed by atoms with Crippen molar-refractivity contribution in [3.8, 4) is 11.8 Å². The van der Waals surface area contributed by atoms with E-state index in [1.165, 1.54) is 0 Å². The molecule has 4 rings (SSSR count). The summed E-state index contributed by atoms with van der Waals surface area (Å²) in [6.45, 7) is 9.79. The lowest BCUT2D eigenvalue weighted by molar-refractivity contribution is -0.128. The quantitative estimate of drug-likeness (QED) is 0.537.